The molecule has 2 aliphatic rings. The second-order valence-electron chi connectivity index (χ2n) is 8.53. The average molecular weight is 387 g/mol. The molecule has 1 heterocycles. The van der Waals surface area contributed by atoms with Crippen LogP contribution in [0.25, 0.3) is 0 Å². The summed E-state index contributed by atoms with van der Waals surface area (Å²) in [6, 6.07) is 9.16. The Labute approximate surface area is 170 Å². The van der Waals surface area contributed by atoms with Crippen molar-refractivity contribution in [1.82, 2.24) is 10.6 Å². The molecule has 1 aromatic carbocycles. The molecule has 0 amide bonds. The first-order valence-electron chi connectivity index (χ1n) is 11.0. The quantitative estimate of drug-likeness (QED) is 0.521. The number of methoxy groups -OCH3 is 1. The van der Waals surface area contributed by atoms with Crippen LogP contribution >= 0.6 is 0 Å². The topological polar surface area (TPSA) is 48.9 Å². The molecule has 1 atom stereocenters. The molecule has 1 aromatic rings. The number of hydrogen-bond donors (Lipinski definition) is 2. The fourth-order valence-corrected chi connectivity index (χ4v) is 4.68. The minimum absolute atomic E-state index is 0.215. The predicted molar refractivity (Wildman–Crippen MR) is 118 cm³/mol. The zero-order valence-corrected chi connectivity index (χ0v) is 18.0. The molecular formula is C23H38N4O. The largest absolute Gasteiger partial charge is 0.385 e. The van der Waals surface area contributed by atoms with E-state index in [1.54, 1.807) is 7.11 Å². The molecule has 0 bridgehead atoms. The number of nitrogens with one attached hydrogen (secondary N) is 2. The van der Waals surface area contributed by atoms with Gasteiger partial charge in [-0.1, -0.05) is 25.0 Å². The van der Waals surface area contributed by atoms with Gasteiger partial charge in [0.25, 0.3) is 0 Å². The minimum Gasteiger partial charge on any atom is -0.385 e. The van der Waals surface area contributed by atoms with Gasteiger partial charge in [-0.15, -0.1) is 0 Å². The highest BCUT2D eigenvalue weighted by Crippen LogP contribution is 2.40. The van der Waals surface area contributed by atoms with Gasteiger partial charge in [-0.2, -0.15) is 0 Å². The van der Waals surface area contributed by atoms with E-state index >= 15 is 0 Å². The van der Waals surface area contributed by atoms with Crippen LogP contribution in [0.2, 0.25) is 0 Å². The van der Waals surface area contributed by atoms with Crippen LogP contribution < -0.4 is 15.5 Å². The molecule has 0 aromatic heterocycles. The summed E-state index contributed by atoms with van der Waals surface area (Å²) >= 11 is 0. The van der Waals surface area contributed by atoms with E-state index in [0.717, 1.165) is 25.5 Å². The molecule has 1 unspecified atom stereocenters. The second-order valence-corrected chi connectivity index (χ2v) is 8.53. The van der Waals surface area contributed by atoms with Gasteiger partial charge in [0.15, 0.2) is 5.96 Å². The van der Waals surface area contributed by atoms with Gasteiger partial charge < -0.3 is 20.3 Å². The highest BCUT2D eigenvalue weighted by molar-refractivity contribution is 5.80. The van der Waals surface area contributed by atoms with Crippen molar-refractivity contribution in [1.29, 1.82) is 0 Å². The van der Waals surface area contributed by atoms with Crippen LogP contribution in [-0.4, -0.2) is 46.4 Å². The van der Waals surface area contributed by atoms with Crippen LogP contribution in [0.5, 0.6) is 0 Å². The standard InChI is InChI=1S/C23H38N4O/c1-19(20-9-8-10-21(17-20)27-14-6-7-15-27)26-22(24-2)25-18-23(13-16-28-3)11-4-5-12-23/h8-10,17,19H,4-7,11-16,18H2,1-3H3,(H2,24,25,26). The van der Waals surface area contributed by atoms with Crippen LogP contribution in [0.15, 0.2) is 29.3 Å². The van der Waals surface area contributed by atoms with Gasteiger partial charge in [0.05, 0.1) is 6.04 Å². The van der Waals surface area contributed by atoms with Crippen LogP contribution in [0.3, 0.4) is 0 Å². The van der Waals surface area contributed by atoms with Crippen molar-refractivity contribution in [3.05, 3.63) is 29.8 Å². The first-order valence-corrected chi connectivity index (χ1v) is 11.0. The lowest BCUT2D eigenvalue weighted by molar-refractivity contribution is 0.138. The summed E-state index contributed by atoms with van der Waals surface area (Å²) < 4.78 is 5.36. The van der Waals surface area contributed by atoms with Crippen molar-refractivity contribution in [3.63, 3.8) is 0 Å². The van der Waals surface area contributed by atoms with Crippen molar-refractivity contribution in [3.8, 4) is 0 Å². The summed E-state index contributed by atoms with van der Waals surface area (Å²) in [4.78, 5) is 6.97. The average Bonchev–Trinajstić information content (AvgIpc) is 3.42. The lowest BCUT2D eigenvalue weighted by Gasteiger charge is -2.30. The normalized spacial score (nSPS) is 20.4. The van der Waals surface area contributed by atoms with Crippen molar-refractivity contribution < 1.29 is 4.74 Å². The van der Waals surface area contributed by atoms with Gasteiger partial charge in [-0.25, -0.2) is 0 Å². The summed E-state index contributed by atoms with van der Waals surface area (Å²) in [6.07, 6.45) is 8.97. The highest BCUT2D eigenvalue weighted by atomic mass is 16.5. The van der Waals surface area contributed by atoms with Crippen LogP contribution in [0, 0.1) is 5.41 Å². The molecule has 0 spiro atoms. The Kier molecular flexibility index (Phi) is 7.60. The van der Waals surface area contributed by atoms with Crippen LogP contribution in [0.1, 0.15) is 63.5 Å². The fraction of sp³-hybridized carbons (Fsp3) is 0.696. The van der Waals surface area contributed by atoms with E-state index in [1.165, 1.54) is 62.9 Å². The van der Waals surface area contributed by atoms with E-state index in [2.05, 4.69) is 51.7 Å². The molecule has 1 aliphatic carbocycles. The molecule has 3 rings (SSSR count). The SMILES string of the molecule is CN=C(NCC1(CCOC)CCCC1)NC(C)c1cccc(N2CCCC2)c1. The Morgan fingerprint density at radius 1 is 1.21 bits per heavy atom. The number of rotatable bonds is 8. The van der Waals surface area contributed by atoms with Crippen LogP contribution in [-0.2, 0) is 4.74 Å². The van der Waals surface area contributed by atoms with Gasteiger partial charge in [-0.05, 0) is 62.1 Å². The first-order chi connectivity index (χ1) is 13.7. The summed E-state index contributed by atoms with van der Waals surface area (Å²) in [7, 11) is 3.66. The maximum absolute atomic E-state index is 5.36. The minimum atomic E-state index is 0.215. The third-order valence-corrected chi connectivity index (χ3v) is 6.55. The number of hydrogen-bond acceptors (Lipinski definition) is 3. The zero-order chi connectivity index (χ0) is 19.8. The Hall–Kier alpha value is -1.75. The molecule has 1 saturated heterocycles. The predicted octanol–water partition coefficient (Wildman–Crippen LogP) is 4.11. The number of guanidine groups is 1. The van der Waals surface area contributed by atoms with Gasteiger partial charge in [0.2, 0.25) is 0 Å². The number of aliphatic imine (C=N–C) groups is 1. The number of anilines is 1. The molecule has 2 fully saturated rings. The van der Waals surface area contributed by atoms with Gasteiger partial charge in [-0.3, -0.25) is 4.99 Å². The Morgan fingerprint density at radius 3 is 2.64 bits per heavy atom. The van der Waals surface area contributed by atoms with Gasteiger partial charge in [0, 0.05) is 46.1 Å². The molecule has 5 heteroatoms. The molecular weight excluding hydrogens is 348 g/mol. The van der Waals surface area contributed by atoms with E-state index in [-0.39, 0.29) is 6.04 Å². The summed E-state index contributed by atoms with van der Waals surface area (Å²) in [5.41, 5.74) is 3.00. The number of benzene rings is 1. The van der Waals surface area contributed by atoms with Gasteiger partial charge >= 0.3 is 0 Å². The summed E-state index contributed by atoms with van der Waals surface area (Å²) in [6.45, 7) is 6.38. The molecule has 5 nitrogen and oxygen atoms in total. The maximum atomic E-state index is 5.36. The smallest absolute Gasteiger partial charge is 0.191 e. The summed E-state index contributed by atoms with van der Waals surface area (Å²) in [5, 5.41) is 7.19. The zero-order valence-electron chi connectivity index (χ0n) is 18.0. The third kappa shape index (κ3) is 5.40. The van der Waals surface area contributed by atoms with E-state index in [0.29, 0.717) is 5.41 Å². The molecule has 28 heavy (non-hydrogen) atoms. The fourth-order valence-electron chi connectivity index (χ4n) is 4.68. The Morgan fingerprint density at radius 2 is 1.96 bits per heavy atom. The lowest BCUT2D eigenvalue weighted by Crippen LogP contribution is -2.44. The van der Waals surface area contributed by atoms with Crippen LogP contribution in [0.4, 0.5) is 5.69 Å². The lowest BCUT2D eigenvalue weighted by atomic mass is 9.83. The van der Waals surface area contributed by atoms with Crippen molar-refractivity contribution >= 4 is 11.6 Å². The number of ether oxygens (including phenoxy) is 1. The van der Waals surface area contributed by atoms with E-state index in [9.17, 15) is 0 Å². The first kappa shape index (κ1) is 21.0. The number of nitrogens with zero attached hydrogens (tertiary/aromatic N) is 2. The highest BCUT2D eigenvalue weighted by Gasteiger charge is 2.33. The molecule has 1 saturated carbocycles. The van der Waals surface area contributed by atoms with Gasteiger partial charge in [0.1, 0.15) is 0 Å². The van der Waals surface area contributed by atoms with Crippen molar-refractivity contribution in [2.45, 2.75) is 57.9 Å². The molecule has 156 valence electrons. The molecule has 2 N–H and O–H groups in total. The second kappa shape index (κ2) is 10.1. The van der Waals surface area contributed by atoms with E-state index < -0.39 is 0 Å². The monoisotopic (exact) mass is 386 g/mol. The van der Waals surface area contributed by atoms with Crippen molar-refractivity contribution in [2.24, 2.45) is 10.4 Å². The van der Waals surface area contributed by atoms with Crippen molar-refractivity contribution in [2.75, 3.05) is 45.3 Å². The third-order valence-electron chi connectivity index (χ3n) is 6.55. The Bertz CT molecular complexity index is 633. The summed E-state index contributed by atoms with van der Waals surface area (Å²) in [5.74, 6) is 0.891. The molecule has 1 aliphatic heterocycles. The molecule has 0 radical (unpaired) electrons. The maximum Gasteiger partial charge on any atom is 0.191 e. The Balaban J connectivity index is 1.57. The van der Waals surface area contributed by atoms with E-state index in [4.69, 9.17) is 4.74 Å². The van der Waals surface area contributed by atoms with E-state index in [1.807, 2.05) is 7.05 Å².